The molecule has 2 heterocycles. The van der Waals surface area contributed by atoms with E-state index in [9.17, 15) is 0 Å². The smallest absolute Gasteiger partial charge is 0.0707 e. The van der Waals surface area contributed by atoms with Gasteiger partial charge in [-0.1, -0.05) is 6.42 Å². The van der Waals surface area contributed by atoms with Crippen molar-refractivity contribution in [2.75, 3.05) is 26.2 Å². The van der Waals surface area contributed by atoms with Crippen LogP contribution < -0.4 is 5.32 Å². The second kappa shape index (κ2) is 7.05. The number of hydrogen-bond donors (Lipinski definition) is 1. The molecule has 3 heteroatoms. The van der Waals surface area contributed by atoms with Crippen LogP contribution in [0.25, 0.3) is 0 Å². The van der Waals surface area contributed by atoms with Crippen LogP contribution in [-0.4, -0.2) is 48.8 Å². The summed E-state index contributed by atoms with van der Waals surface area (Å²) in [7, 11) is 0. The lowest BCUT2D eigenvalue weighted by Gasteiger charge is -2.33. The van der Waals surface area contributed by atoms with E-state index in [-0.39, 0.29) is 5.60 Å². The van der Waals surface area contributed by atoms with Gasteiger partial charge in [-0.2, -0.15) is 0 Å². The largest absolute Gasteiger partial charge is 0.371 e. The van der Waals surface area contributed by atoms with Gasteiger partial charge in [0.2, 0.25) is 0 Å². The summed E-state index contributed by atoms with van der Waals surface area (Å²) in [6, 6.07) is 0.799. The standard InChI is InChI=1S/C16H32N2O/c1-14-7-4-5-11-18(14)12-6-10-17-13-15-8-9-16(2,3)19-15/h14-15,17H,4-13H2,1-3H3. The van der Waals surface area contributed by atoms with Gasteiger partial charge in [-0.25, -0.2) is 0 Å². The molecule has 2 aliphatic heterocycles. The monoisotopic (exact) mass is 268 g/mol. The first-order chi connectivity index (χ1) is 9.07. The van der Waals surface area contributed by atoms with Gasteiger partial charge in [-0.15, -0.1) is 0 Å². The Morgan fingerprint density at radius 2 is 2.11 bits per heavy atom. The Morgan fingerprint density at radius 3 is 2.79 bits per heavy atom. The van der Waals surface area contributed by atoms with Crippen LogP contribution in [0.1, 0.15) is 59.3 Å². The number of rotatable bonds is 6. The lowest BCUT2D eigenvalue weighted by atomic mass is 10.0. The maximum atomic E-state index is 5.99. The van der Waals surface area contributed by atoms with Crippen molar-refractivity contribution in [1.29, 1.82) is 0 Å². The molecule has 2 aliphatic rings. The fraction of sp³-hybridized carbons (Fsp3) is 1.00. The molecule has 0 saturated carbocycles. The summed E-state index contributed by atoms with van der Waals surface area (Å²) >= 11 is 0. The number of nitrogens with zero attached hydrogens (tertiary/aromatic N) is 1. The molecule has 0 aromatic rings. The van der Waals surface area contributed by atoms with Crippen molar-refractivity contribution in [2.45, 2.75) is 77.0 Å². The maximum absolute atomic E-state index is 5.99. The molecule has 1 N–H and O–H groups in total. The topological polar surface area (TPSA) is 24.5 Å². The average Bonchev–Trinajstić information content (AvgIpc) is 2.71. The Labute approximate surface area is 119 Å². The molecule has 2 rings (SSSR count). The van der Waals surface area contributed by atoms with Crippen molar-refractivity contribution in [2.24, 2.45) is 0 Å². The van der Waals surface area contributed by atoms with Gasteiger partial charge in [0.25, 0.3) is 0 Å². The van der Waals surface area contributed by atoms with Crippen LogP contribution in [0.5, 0.6) is 0 Å². The van der Waals surface area contributed by atoms with E-state index >= 15 is 0 Å². The highest BCUT2D eigenvalue weighted by Crippen LogP contribution is 2.28. The first-order valence-corrected chi connectivity index (χ1v) is 8.19. The Balaban J connectivity index is 1.50. The molecule has 19 heavy (non-hydrogen) atoms. The van der Waals surface area contributed by atoms with Gasteiger partial charge in [0.05, 0.1) is 11.7 Å². The van der Waals surface area contributed by atoms with E-state index in [1.165, 1.54) is 51.6 Å². The molecule has 0 radical (unpaired) electrons. The molecule has 0 bridgehead atoms. The van der Waals surface area contributed by atoms with Gasteiger partial charge < -0.3 is 15.0 Å². The molecule has 0 aromatic heterocycles. The zero-order chi connectivity index (χ0) is 13.7. The minimum Gasteiger partial charge on any atom is -0.371 e. The zero-order valence-corrected chi connectivity index (χ0v) is 13.1. The summed E-state index contributed by atoms with van der Waals surface area (Å²) in [6.07, 6.45) is 8.31. The van der Waals surface area contributed by atoms with Crippen molar-refractivity contribution in [1.82, 2.24) is 10.2 Å². The van der Waals surface area contributed by atoms with Crippen molar-refractivity contribution in [3.8, 4) is 0 Å². The van der Waals surface area contributed by atoms with E-state index in [1.54, 1.807) is 0 Å². The van der Waals surface area contributed by atoms with Gasteiger partial charge in [-0.3, -0.25) is 0 Å². The number of hydrogen-bond acceptors (Lipinski definition) is 3. The third-order valence-electron chi connectivity index (χ3n) is 4.67. The number of nitrogens with one attached hydrogen (secondary N) is 1. The SMILES string of the molecule is CC1CCCCN1CCCNCC1CCC(C)(C)O1. The molecular weight excluding hydrogens is 236 g/mol. The Bertz CT molecular complexity index is 267. The quantitative estimate of drug-likeness (QED) is 0.750. The third kappa shape index (κ3) is 5.05. The normalized spacial score (nSPS) is 31.7. The zero-order valence-electron chi connectivity index (χ0n) is 13.1. The van der Waals surface area contributed by atoms with Crippen LogP contribution >= 0.6 is 0 Å². The molecule has 0 aromatic carbocycles. The maximum Gasteiger partial charge on any atom is 0.0707 e. The van der Waals surface area contributed by atoms with Crippen LogP contribution in [0.2, 0.25) is 0 Å². The third-order valence-corrected chi connectivity index (χ3v) is 4.67. The van der Waals surface area contributed by atoms with Gasteiger partial charge in [-0.05, 0) is 72.5 Å². The highest BCUT2D eigenvalue weighted by atomic mass is 16.5. The fourth-order valence-corrected chi connectivity index (χ4v) is 3.38. The predicted molar refractivity (Wildman–Crippen MR) is 80.6 cm³/mol. The Morgan fingerprint density at radius 1 is 1.26 bits per heavy atom. The minimum absolute atomic E-state index is 0.107. The van der Waals surface area contributed by atoms with Crippen molar-refractivity contribution < 1.29 is 4.74 Å². The first kappa shape index (κ1) is 15.3. The first-order valence-electron chi connectivity index (χ1n) is 8.19. The van der Waals surface area contributed by atoms with E-state index in [2.05, 4.69) is 31.0 Å². The summed E-state index contributed by atoms with van der Waals surface area (Å²) in [4.78, 5) is 2.65. The second-order valence-electron chi connectivity index (χ2n) is 6.98. The molecule has 2 saturated heterocycles. The van der Waals surface area contributed by atoms with E-state index in [4.69, 9.17) is 4.74 Å². The summed E-state index contributed by atoms with van der Waals surface area (Å²) in [5.74, 6) is 0. The molecule has 2 atom stereocenters. The minimum atomic E-state index is 0.107. The highest BCUT2D eigenvalue weighted by Gasteiger charge is 2.31. The highest BCUT2D eigenvalue weighted by molar-refractivity contribution is 4.82. The van der Waals surface area contributed by atoms with E-state index in [1.807, 2.05) is 0 Å². The molecule has 2 fully saturated rings. The predicted octanol–water partition coefficient (Wildman–Crippen LogP) is 2.80. The van der Waals surface area contributed by atoms with Crippen molar-refractivity contribution in [3.05, 3.63) is 0 Å². The summed E-state index contributed by atoms with van der Waals surface area (Å²) < 4.78 is 5.99. The van der Waals surface area contributed by atoms with E-state index < -0.39 is 0 Å². The average molecular weight is 268 g/mol. The Hall–Kier alpha value is -0.120. The van der Waals surface area contributed by atoms with Crippen LogP contribution in [0.15, 0.2) is 0 Å². The molecule has 0 amide bonds. The second-order valence-corrected chi connectivity index (χ2v) is 6.98. The lowest BCUT2D eigenvalue weighted by molar-refractivity contribution is -0.0142. The van der Waals surface area contributed by atoms with Gasteiger partial charge in [0, 0.05) is 12.6 Å². The molecule has 3 nitrogen and oxygen atoms in total. The summed E-state index contributed by atoms with van der Waals surface area (Å²) in [5, 5.41) is 3.57. The number of ether oxygens (including phenoxy) is 1. The van der Waals surface area contributed by atoms with Gasteiger partial charge in [0.1, 0.15) is 0 Å². The lowest BCUT2D eigenvalue weighted by Crippen LogP contribution is -2.39. The van der Waals surface area contributed by atoms with E-state index in [0.717, 1.165) is 19.1 Å². The van der Waals surface area contributed by atoms with Crippen molar-refractivity contribution >= 4 is 0 Å². The van der Waals surface area contributed by atoms with Gasteiger partial charge >= 0.3 is 0 Å². The summed E-state index contributed by atoms with van der Waals surface area (Å²) in [6.45, 7) is 11.5. The van der Waals surface area contributed by atoms with Crippen LogP contribution in [-0.2, 0) is 4.74 Å². The Kier molecular flexibility index (Phi) is 5.67. The summed E-state index contributed by atoms with van der Waals surface area (Å²) in [5.41, 5.74) is 0.107. The molecule has 112 valence electrons. The van der Waals surface area contributed by atoms with Crippen molar-refractivity contribution in [3.63, 3.8) is 0 Å². The fourth-order valence-electron chi connectivity index (χ4n) is 3.38. The van der Waals surface area contributed by atoms with E-state index in [0.29, 0.717) is 6.10 Å². The van der Waals surface area contributed by atoms with Crippen LogP contribution in [0.4, 0.5) is 0 Å². The molecule has 0 aliphatic carbocycles. The molecule has 0 spiro atoms. The van der Waals surface area contributed by atoms with Crippen LogP contribution in [0.3, 0.4) is 0 Å². The van der Waals surface area contributed by atoms with Crippen LogP contribution in [0, 0.1) is 0 Å². The van der Waals surface area contributed by atoms with Gasteiger partial charge in [0.15, 0.2) is 0 Å². The number of piperidine rings is 1. The molecule has 2 unspecified atom stereocenters. The number of likely N-dealkylation sites (tertiary alicyclic amines) is 1. The molecular formula is C16H32N2O.